The average molecular weight is 468 g/mol. The maximum Gasteiger partial charge on any atom is 0.253 e. The molecule has 0 spiro atoms. The minimum atomic E-state index is -1.85. The fraction of sp³-hybridized carbons (Fsp3) is 0.150. The molecule has 1 amide bonds. The first-order chi connectivity index (χ1) is 13.8. The van der Waals surface area contributed by atoms with Gasteiger partial charge < -0.3 is 16.0 Å². The van der Waals surface area contributed by atoms with Crippen molar-refractivity contribution in [1.82, 2.24) is 15.6 Å². The van der Waals surface area contributed by atoms with Gasteiger partial charge in [-0.1, -0.05) is 71.2 Å². The van der Waals surface area contributed by atoms with Gasteiger partial charge in [-0.3, -0.25) is 9.78 Å². The van der Waals surface area contributed by atoms with Crippen molar-refractivity contribution < 1.29 is 4.79 Å². The largest absolute Gasteiger partial charge is 0.339 e. The number of nitrogens with one attached hydrogen (secondary N) is 3. The van der Waals surface area contributed by atoms with Crippen molar-refractivity contribution in [2.45, 2.75) is 16.9 Å². The van der Waals surface area contributed by atoms with E-state index in [0.717, 1.165) is 16.5 Å². The van der Waals surface area contributed by atoms with Gasteiger partial charge >= 0.3 is 0 Å². The number of aromatic nitrogens is 1. The molecular formula is C20H17Cl3N4OS. The smallest absolute Gasteiger partial charge is 0.253 e. The van der Waals surface area contributed by atoms with Crippen LogP contribution in [0.5, 0.6) is 0 Å². The predicted molar refractivity (Wildman–Crippen MR) is 124 cm³/mol. The Morgan fingerprint density at radius 1 is 1.03 bits per heavy atom. The number of benzene rings is 2. The number of para-hydroxylation sites is 1. The Kier molecular flexibility index (Phi) is 6.80. The lowest BCUT2D eigenvalue weighted by molar-refractivity contribution is 0.0934. The summed E-state index contributed by atoms with van der Waals surface area (Å²) in [7, 11) is 0. The van der Waals surface area contributed by atoms with Crippen molar-refractivity contribution in [2.75, 3.05) is 5.32 Å². The molecule has 1 aromatic heterocycles. The molecule has 2 aromatic carbocycles. The highest BCUT2D eigenvalue weighted by atomic mass is 35.6. The molecule has 0 radical (unpaired) electrons. The Balaban J connectivity index is 1.76. The van der Waals surface area contributed by atoms with Gasteiger partial charge in [-0.25, -0.2) is 0 Å². The van der Waals surface area contributed by atoms with E-state index >= 15 is 0 Å². The van der Waals surface area contributed by atoms with Gasteiger partial charge in [0.05, 0.1) is 11.2 Å². The van der Waals surface area contributed by atoms with Crippen LogP contribution in [0.3, 0.4) is 0 Å². The highest BCUT2D eigenvalue weighted by Gasteiger charge is 2.35. The van der Waals surface area contributed by atoms with E-state index in [1.165, 1.54) is 0 Å². The summed E-state index contributed by atoms with van der Waals surface area (Å²) in [6.45, 7) is 1.83. The molecule has 0 bridgehead atoms. The predicted octanol–water partition coefficient (Wildman–Crippen LogP) is 4.96. The molecule has 0 aliphatic carbocycles. The number of aryl methyl sites for hydroxylation is 1. The van der Waals surface area contributed by atoms with E-state index in [-0.39, 0.29) is 11.0 Å². The molecule has 1 heterocycles. The van der Waals surface area contributed by atoms with Crippen LogP contribution in [0.25, 0.3) is 10.9 Å². The number of rotatable bonds is 4. The van der Waals surface area contributed by atoms with E-state index in [1.54, 1.807) is 18.3 Å². The molecule has 29 heavy (non-hydrogen) atoms. The molecule has 0 unspecified atom stereocenters. The summed E-state index contributed by atoms with van der Waals surface area (Å²) in [5.41, 5.74) is 2.71. The first-order valence-electron chi connectivity index (χ1n) is 8.60. The molecule has 150 valence electrons. The minimum Gasteiger partial charge on any atom is -0.339 e. The van der Waals surface area contributed by atoms with Crippen molar-refractivity contribution in [3.63, 3.8) is 0 Å². The van der Waals surface area contributed by atoms with Crippen molar-refractivity contribution in [1.29, 1.82) is 0 Å². The van der Waals surface area contributed by atoms with Crippen molar-refractivity contribution in [3.8, 4) is 0 Å². The van der Waals surface area contributed by atoms with Crippen LogP contribution in [0.2, 0.25) is 0 Å². The molecular weight excluding hydrogens is 451 g/mol. The van der Waals surface area contributed by atoms with Crippen molar-refractivity contribution >= 4 is 74.6 Å². The number of alkyl halides is 3. The summed E-state index contributed by atoms with van der Waals surface area (Å²) in [4.78, 5) is 17.0. The third-order valence-corrected chi connectivity index (χ3v) is 5.02. The minimum absolute atomic E-state index is 0.171. The van der Waals surface area contributed by atoms with E-state index in [9.17, 15) is 4.79 Å². The third-order valence-electron chi connectivity index (χ3n) is 4.15. The first-order valence-corrected chi connectivity index (χ1v) is 10.1. The summed E-state index contributed by atoms with van der Waals surface area (Å²) >= 11 is 23.6. The highest BCUT2D eigenvalue weighted by Crippen LogP contribution is 2.29. The Labute approximate surface area is 188 Å². The Morgan fingerprint density at radius 2 is 1.76 bits per heavy atom. The lowest BCUT2D eigenvalue weighted by Crippen LogP contribution is -2.56. The number of anilines is 1. The second-order valence-corrected chi connectivity index (χ2v) is 9.02. The third kappa shape index (κ3) is 5.48. The number of pyridine rings is 1. The van der Waals surface area contributed by atoms with Gasteiger partial charge in [-0.05, 0) is 42.9 Å². The number of hydrogen-bond donors (Lipinski definition) is 3. The first kappa shape index (κ1) is 21.6. The molecule has 9 heteroatoms. The van der Waals surface area contributed by atoms with Crippen LogP contribution in [0.1, 0.15) is 15.9 Å². The fourth-order valence-electron chi connectivity index (χ4n) is 2.73. The van der Waals surface area contributed by atoms with E-state index < -0.39 is 9.96 Å². The second-order valence-electron chi connectivity index (χ2n) is 6.24. The Bertz CT molecular complexity index is 1050. The SMILES string of the molecule is Cc1ccccc1C(=O)N[C@H](NC(=S)Nc1cccc2cccnc12)C(Cl)(Cl)Cl. The van der Waals surface area contributed by atoms with E-state index in [4.69, 9.17) is 47.0 Å². The van der Waals surface area contributed by atoms with Crippen LogP contribution in [0, 0.1) is 6.92 Å². The van der Waals surface area contributed by atoms with Crippen LogP contribution in [0.15, 0.2) is 60.8 Å². The Morgan fingerprint density at radius 3 is 2.48 bits per heavy atom. The molecule has 0 saturated heterocycles. The van der Waals surface area contributed by atoms with Crippen LogP contribution < -0.4 is 16.0 Å². The molecule has 0 fully saturated rings. The second kappa shape index (κ2) is 9.13. The van der Waals surface area contributed by atoms with Gasteiger partial charge in [-0.2, -0.15) is 0 Å². The van der Waals surface area contributed by atoms with Gasteiger partial charge in [0, 0.05) is 17.1 Å². The van der Waals surface area contributed by atoms with Gasteiger partial charge in [0.1, 0.15) is 6.17 Å². The van der Waals surface area contributed by atoms with Gasteiger partial charge in [-0.15, -0.1) is 0 Å². The van der Waals surface area contributed by atoms with Crippen LogP contribution in [-0.2, 0) is 0 Å². The van der Waals surface area contributed by atoms with E-state index in [1.807, 2.05) is 49.4 Å². The zero-order chi connectivity index (χ0) is 21.0. The number of thiocarbonyl (C=S) groups is 1. The van der Waals surface area contributed by atoms with E-state index in [2.05, 4.69) is 20.9 Å². The molecule has 1 atom stereocenters. The summed E-state index contributed by atoms with van der Waals surface area (Å²) in [5, 5.41) is 9.70. The van der Waals surface area contributed by atoms with Gasteiger partial charge in [0.2, 0.25) is 3.79 Å². The zero-order valence-corrected chi connectivity index (χ0v) is 18.3. The fourth-order valence-corrected chi connectivity index (χ4v) is 3.29. The number of halogens is 3. The van der Waals surface area contributed by atoms with Gasteiger partial charge in [0.15, 0.2) is 5.11 Å². The zero-order valence-electron chi connectivity index (χ0n) is 15.2. The monoisotopic (exact) mass is 466 g/mol. The van der Waals surface area contributed by atoms with Crippen LogP contribution in [-0.4, -0.2) is 26.0 Å². The standard InChI is InChI=1S/C20H17Cl3N4OS/c1-12-6-2-3-9-14(12)17(28)26-18(20(21,22)23)27-19(29)25-15-10-4-7-13-8-5-11-24-16(13)15/h2-11,18H,1H3,(H,26,28)(H2,25,27,29)/t18-/m1/s1. The number of carbonyl (C=O) groups is 1. The summed E-state index contributed by atoms with van der Waals surface area (Å²) in [5.74, 6) is -0.387. The Hall–Kier alpha value is -2.12. The average Bonchev–Trinajstić information content (AvgIpc) is 2.67. The molecule has 3 aromatic rings. The molecule has 0 aliphatic heterocycles. The lowest BCUT2D eigenvalue weighted by Gasteiger charge is -2.28. The molecule has 0 aliphatic rings. The summed E-state index contributed by atoms with van der Waals surface area (Å²) in [6, 6.07) is 16.6. The van der Waals surface area contributed by atoms with Crippen molar-refractivity contribution in [2.24, 2.45) is 0 Å². The molecule has 3 N–H and O–H groups in total. The number of carbonyl (C=O) groups excluding carboxylic acids is 1. The van der Waals surface area contributed by atoms with Crippen LogP contribution in [0.4, 0.5) is 5.69 Å². The molecule has 3 rings (SSSR count). The molecule has 0 saturated carbocycles. The summed E-state index contributed by atoms with van der Waals surface area (Å²) < 4.78 is -1.85. The van der Waals surface area contributed by atoms with E-state index in [0.29, 0.717) is 11.3 Å². The maximum absolute atomic E-state index is 12.6. The normalized spacial score (nSPS) is 12.3. The number of amides is 1. The molecule has 5 nitrogen and oxygen atoms in total. The van der Waals surface area contributed by atoms with Crippen LogP contribution >= 0.6 is 47.0 Å². The summed E-state index contributed by atoms with van der Waals surface area (Å²) in [6.07, 6.45) is 0.624. The number of fused-ring (bicyclic) bond motifs is 1. The van der Waals surface area contributed by atoms with Crippen molar-refractivity contribution in [3.05, 3.63) is 71.9 Å². The highest BCUT2D eigenvalue weighted by molar-refractivity contribution is 7.80. The quantitative estimate of drug-likeness (QED) is 0.288. The maximum atomic E-state index is 12.6. The lowest BCUT2D eigenvalue weighted by atomic mass is 10.1. The van der Waals surface area contributed by atoms with Gasteiger partial charge in [0.25, 0.3) is 5.91 Å². The number of nitrogens with zero attached hydrogens (tertiary/aromatic N) is 1. The number of hydrogen-bond acceptors (Lipinski definition) is 3. The topological polar surface area (TPSA) is 66.1 Å².